The Labute approximate surface area is 106 Å². The van der Waals surface area contributed by atoms with Crippen LogP contribution in [0.25, 0.3) is 0 Å². The largest absolute Gasteiger partial charge is 0.353 e. The van der Waals surface area contributed by atoms with Gasteiger partial charge >= 0.3 is 0 Å². The van der Waals surface area contributed by atoms with Gasteiger partial charge < -0.3 is 5.32 Å². The van der Waals surface area contributed by atoms with Gasteiger partial charge in [0.05, 0.1) is 5.54 Å². The van der Waals surface area contributed by atoms with Crippen LogP contribution in [0.5, 0.6) is 0 Å². The fourth-order valence-corrected chi connectivity index (χ4v) is 2.18. The molecule has 0 atom stereocenters. The minimum Gasteiger partial charge on any atom is -0.353 e. The number of carbonyl (C=O) groups is 1. The highest BCUT2D eigenvalue weighted by atomic mass is 35.5. The lowest BCUT2D eigenvalue weighted by Crippen LogP contribution is -2.61. The van der Waals surface area contributed by atoms with Crippen molar-refractivity contribution in [1.82, 2.24) is 15.2 Å². The molecular weight excluding hydrogens is 238 g/mol. The summed E-state index contributed by atoms with van der Waals surface area (Å²) in [6.45, 7) is 6.12. The summed E-state index contributed by atoms with van der Waals surface area (Å²) in [6.07, 6.45) is 1.69. The third-order valence-electron chi connectivity index (χ3n) is 3.18. The maximum Gasteiger partial charge on any atom is 0.240 e. The monoisotopic (exact) mass is 253 g/mol. The number of piperazine rings is 1. The van der Waals surface area contributed by atoms with Crippen LogP contribution >= 0.6 is 11.6 Å². The van der Waals surface area contributed by atoms with Gasteiger partial charge in [-0.15, -0.1) is 0 Å². The second-order valence-electron chi connectivity index (χ2n) is 4.72. The molecule has 2 rings (SSSR count). The zero-order valence-corrected chi connectivity index (χ0v) is 10.8. The van der Waals surface area contributed by atoms with Crippen molar-refractivity contribution in [2.24, 2.45) is 0 Å². The van der Waals surface area contributed by atoms with E-state index in [0.29, 0.717) is 18.2 Å². The highest BCUT2D eigenvalue weighted by Crippen LogP contribution is 2.21. The molecule has 0 unspecified atom stereocenters. The summed E-state index contributed by atoms with van der Waals surface area (Å²) in [4.78, 5) is 17.9. The SMILES string of the molecule is CC1(C)C(=O)NCCN1Cc1ccnc(Cl)c1. The number of hydrogen-bond donors (Lipinski definition) is 1. The van der Waals surface area contributed by atoms with Crippen LogP contribution in [0.4, 0.5) is 0 Å². The van der Waals surface area contributed by atoms with Gasteiger partial charge in [-0.3, -0.25) is 9.69 Å². The lowest BCUT2D eigenvalue weighted by atomic mass is 9.98. The zero-order valence-electron chi connectivity index (χ0n) is 10.0. The molecule has 1 amide bonds. The van der Waals surface area contributed by atoms with Gasteiger partial charge in [-0.25, -0.2) is 4.98 Å². The first-order chi connectivity index (χ1) is 8.00. The second kappa shape index (κ2) is 4.63. The molecule has 17 heavy (non-hydrogen) atoms. The standard InChI is InChI=1S/C12H16ClN3O/c1-12(2)11(17)15-5-6-16(12)8-9-3-4-14-10(13)7-9/h3-4,7H,5-6,8H2,1-2H3,(H,15,17). The van der Waals surface area contributed by atoms with Crippen LogP contribution < -0.4 is 5.32 Å². The zero-order chi connectivity index (χ0) is 12.5. The van der Waals surface area contributed by atoms with E-state index in [1.54, 1.807) is 6.20 Å². The summed E-state index contributed by atoms with van der Waals surface area (Å²) in [6, 6.07) is 3.76. The molecule has 0 aromatic carbocycles. The number of amides is 1. The Morgan fingerprint density at radius 3 is 3.06 bits per heavy atom. The van der Waals surface area contributed by atoms with Crippen LogP contribution in [0.2, 0.25) is 5.15 Å². The summed E-state index contributed by atoms with van der Waals surface area (Å²) in [5, 5.41) is 3.37. The van der Waals surface area contributed by atoms with E-state index < -0.39 is 5.54 Å². The second-order valence-corrected chi connectivity index (χ2v) is 5.11. The lowest BCUT2D eigenvalue weighted by Gasteiger charge is -2.41. The highest BCUT2D eigenvalue weighted by molar-refractivity contribution is 6.29. The molecule has 1 saturated heterocycles. The van der Waals surface area contributed by atoms with Crippen molar-refractivity contribution in [3.63, 3.8) is 0 Å². The topological polar surface area (TPSA) is 45.2 Å². The van der Waals surface area contributed by atoms with Crippen molar-refractivity contribution in [1.29, 1.82) is 0 Å². The first-order valence-corrected chi connectivity index (χ1v) is 6.02. The Hall–Kier alpha value is -1.13. The van der Waals surface area contributed by atoms with Crippen molar-refractivity contribution in [2.75, 3.05) is 13.1 Å². The summed E-state index contributed by atoms with van der Waals surface area (Å²) in [7, 11) is 0. The van der Waals surface area contributed by atoms with Gasteiger partial charge in [0.15, 0.2) is 0 Å². The molecule has 0 saturated carbocycles. The van der Waals surface area contributed by atoms with Gasteiger partial charge in [-0.05, 0) is 31.5 Å². The van der Waals surface area contributed by atoms with E-state index in [9.17, 15) is 4.79 Å². The van der Waals surface area contributed by atoms with Crippen LogP contribution in [0.1, 0.15) is 19.4 Å². The lowest BCUT2D eigenvalue weighted by molar-refractivity contribution is -0.135. The summed E-state index contributed by atoms with van der Waals surface area (Å²) in [5.41, 5.74) is 0.598. The van der Waals surface area contributed by atoms with Gasteiger partial charge in [-0.2, -0.15) is 0 Å². The molecular formula is C12H16ClN3O. The molecule has 0 radical (unpaired) electrons. The predicted molar refractivity (Wildman–Crippen MR) is 66.7 cm³/mol. The van der Waals surface area contributed by atoms with E-state index in [1.165, 1.54) is 0 Å². The summed E-state index contributed by atoms with van der Waals surface area (Å²) < 4.78 is 0. The average Bonchev–Trinajstić information content (AvgIpc) is 2.25. The van der Waals surface area contributed by atoms with Gasteiger partial charge in [0.25, 0.3) is 0 Å². The number of pyridine rings is 1. The van der Waals surface area contributed by atoms with Gasteiger partial charge in [-0.1, -0.05) is 11.6 Å². The van der Waals surface area contributed by atoms with Crippen LogP contribution in [-0.4, -0.2) is 34.4 Å². The van der Waals surface area contributed by atoms with Crippen LogP contribution in [-0.2, 0) is 11.3 Å². The molecule has 1 aromatic heterocycles. The maximum absolute atomic E-state index is 11.8. The smallest absolute Gasteiger partial charge is 0.240 e. The number of rotatable bonds is 2. The van der Waals surface area contributed by atoms with E-state index in [1.807, 2.05) is 26.0 Å². The fourth-order valence-electron chi connectivity index (χ4n) is 1.98. The molecule has 0 bridgehead atoms. The molecule has 1 aliphatic rings. The number of halogens is 1. The molecule has 0 spiro atoms. The van der Waals surface area contributed by atoms with E-state index in [0.717, 1.165) is 12.1 Å². The number of nitrogens with one attached hydrogen (secondary N) is 1. The molecule has 0 aliphatic carbocycles. The molecule has 1 aliphatic heterocycles. The Bertz CT molecular complexity index is 434. The van der Waals surface area contributed by atoms with E-state index >= 15 is 0 Å². The third-order valence-corrected chi connectivity index (χ3v) is 3.38. The molecule has 1 fully saturated rings. The number of nitrogens with zero attached hydrogens (tertiary/aromatic N) is 2. The molecule has 2 heterocycles. The molecule has 1 aromatic rings. The Balaban J connectivity index is 2.15. The molecule has 92 valence electrons. The quantitative estimate of drug-likeness (QED) is 0.812. The van der Waals surface area contributed by atoms with Gasteiger partial charge in [0.2, 0.25) is 5.91 Å². The average molecular weight is 254 g/mol. The Morgan fingerprint density at radius 2 is 2.35 bits per heavy atom. The number of aromatic nitrogens is 1. The minimum atomic E-state index is -0.478. The van der Waals surface area contributed by atoms with E-state index in [2.05, 4.69) is 15.2 Å². The molecule has 1 N–H and O–H groups in total. The number of hydrogen-bond acceptors (Lipinski definition) is 3. The van der Waals surface area contributed by atoms with Crippen LogP contribution in [0.15, 0.2) is 18.3 Å². The first kappa shape index (κ1) is 12.3. The third kappa shape index (κ3) is 2.58. The van der Waals surface area contributed by atoms with Crippen molar-refractivity contribution in [3.8, 4) is 0 Å². The molecule has 4 nitrogen and oxygen atoms in total. The maximum atomic E-state index is 11.8. The van der Waals surface area contributed by atoms with Crippen molar-refractivity contribution in [2.45, 2.75) is 25.9 Å². The first-order valence-electron chi connectivity index (χ1n) is 5.64. The highest BCUT2D eigenvalue weighted by Gasteiger charge is 2.37. The molecule has 5 heteroatoms. The van der Waals surface area contributed by atoms with Crippen molar-refractivity contribution >= 4 is 17.5 Å². The van der Waals surface area contributed by atoms with Crippen molar-refractivity contribution < 1.29 is 4.79 Å². The normalized spacial score (nSPS) is 20.1. The Morgan fingerprint density at radius 1 is 1.59 bits per heavy atom. The van der Waals surface area contributed by atoms with E-state index in [4.69, 9.17) is 11.6 Å². The van der Waals surface area contributed by atoms with Gasteiger partial charge in [0.1, 0.15) is 5.15 Å². The minimum absolute atomic E-state index is 0.0731. The Kier molecular flexibility index (Phi) is 3.35. The van der Waals surface area contributed by atoms with E-state index in [-0.39, 0.29) is 5.91 Å². The predicted octanol–water partition coefficient (Wildman–Crippen LogP) is 1.45. The van der Waals surface area contributed by atoms with Crippen LogP contribution in [0, 0.1) is 0 Å². The van der Waals surface area contributed by atoms with Crippen molar-refractivity contribution in [3.05, 3.63) is 29.0 Å². The fraction of sp³-hybridized carbons (Fsp3) is 0.500. The number of carbonyl (C=O) groups excluding carboxylic acids is 1. The summed E-state index contributed by atoms with van der Waals surface area (Å²) in [5.74, 6) is 0.0731. The van der Waals surface area contributed by atoms with Gasteiger partial charge in [0, 0.05) is 25.8 Å². The van der Waals surface area contributed by atoms with Crippen LogP contribution in [0.3, 0.4) is 0 Å². The summed E-state index contributed by atoms with van der Waals surface area (Å²) >= 11 is 5.85.